The molecular formula is C109H86BN3O. The van der Waals surface area contributed by atoms with E-state index in [1.165, 1.54) is 77.2 Å². The van der Waals surface area contributed by atoms with Crippen molar-refractivity contribution >= 4 is 101 Å². The first-order chi connectivity index (χ1) is 55.5. The maximum absolute atomic E-state index is 7.06. The third kappa shape index (κ3) is 10.6. The van der Waals surface area contributed by atoms with Crippen molar-refractivity contribution in [3.63, 3.8) is 0 Å². The smallest absolute Gasteiger partial charge is 0.252 e. The number of rotatable bonds is 10. The van der Waals surface area contributed by atoms with Crippen LogP contribution in [0.4, 0.5) is 34.1 Å². The Morgan fingerprint density at radius 3 is 1.30 bits per heavy atom. The highest BCUT2D eigenvalue weighted by atomic mass is 16.3. The number of nitrogens with zero attached hydrogens (tertiary/aromatic N) is 3. The van der Waals surface area contributed by atoms with Crippen LogP contribution in [0, 0.1) is 0 Å². The van der Waals surface area contributed by atoms with Gasteiger partial charge in [-0.2, -0.15) is 0 Å². The summed E-state index contributed by atoms with van der Waals surface area (Å²) in [5.41, 5.74) is 36.7. The van der Waals surface area contributed by atoms with Gasteiger partial charge in [0.15, 0.2) is 0 Å². The van der Waals surface area contributed by atoms with Gasteiger partial charge in [0, 0.05) is 77.8 Å². The molecule has 546 valence electrons. The first-order valence-electron chi connectivity index (χ1n) is 40.3. The molecule has 2 aromatic heterocycles. The van der Waals surface area contributed by atoms with Crippen LogP contribution in [-0.2, 0) is 21.7 Å². The Bertz CT molecular complexity index is 6740. The number of benzene rings is 16. The van der Waals surface area contributed by atoms with E-state index in [0.29, 0.717) is 0 Å². The van der Waals surface area contributed by atoms with Gasteiger partial charge in [-0.1, -0.05) is 347 Å². The molecule has 4 nitrogen and oxygen atoms in total. The van der Waals surface area contributed by atoms with Gasteiger partial charge in [0.25, 0.3) is 6.71 Å². The molecule has 0 amide bonds. The fourth-order valence-corrected chi connectivity index (χ4v) is 19.4. The van der Waals surface area contributed by atoms with Gasteiger partial charge in [0.05, 0.1) is 27.8 Å². The number of hydrogen-bond donors (Lipinski definition) is 0. The van der Waals surface area contributed by atoms with Crippen LogP contribution < -0.4 is 26.2 Å². The van der Waals surface area contributed by atoms with Crippen LogP contribution in [0.5, 0.6) is 0 Å². The van der Waals surface area contributed by atoms with Crippen molar-refractivity contribution < 1.29 is 4.42 Å². The molecule has 114 heavy (non-hydrogen) atoms. The molecule has 0 N–H and O–H groups in total. The van der Waals surface area contributed by atoms with Crippen LogP contribution in [0.2, 0.25) is 0 Å². The Morgan fingerprint density at radius 1 is 0.298 bits per heavy atom. The van der Waals surface area contributed by atoms with E-state index in [4.69, 9.17) is 4.42 Å². The summed E-state index contributed by atoms with van der Waals surface area (Å²) in [7, 11) is 0. The average Bonchev–Trinajstić information content (AvgIpc) is 1.54. The number of aromatic nitrogens is 1. The number of fused-ring (bicyclic) bond motifs is 14. The van der Waals surface area contributed by atoms with Crippen LogP contribution >= 0.6 is 0 Å². The minimum Gasteiger partial charge on any atom is -0.455 e. The van der Waals surface area contributed by atoms with Gasteiger partial charge in [-0.3, -0.25) is 0 Å². The standard InChI is InChI=1S/C109H86BN3O/c1-106(2,3)76-62-86(69-35-16-10-17-36-69)103(87(63-76)70-37-18-11-19-38-70)112-94-59-55-73(80-50-34-51-84-82-48-30-33-54-99(82)114-105(80)84)61-92(94)110-91-58-56-79(111-93-53-32-29-49-85(93)100-95(111)60-57-83-81-47-28-31-52-90(81)109(101(83)100,74-43-24-14-25-44-74)75-45-26-15-27-46-75)68-96(91)113(98-67-78(108(7,8)9)66-97(112)102(98)110)104-88(71-39-20-12-21-40-71)64-77(107(4,5)6)65-89(104)72-41-22-13-23-42-72/h10-68H,1-9H3. The maximum Gasteiger partial charge on any atom is 0.252 e. The zero-order chi connectivity index (χ0) is 77.1. The predicted molar refractivity (Wildman–Crippen MR) is 483 cm³/mol. The highest BCUT2D eigenvalue weighted by Gasteiger charge is 2.50. The predicted octanol–water partition coefficient (Wildman–Crippen LogP) is 27.4. The molecule has 0 unspecified atom stereocenters. The Kier molecular flexibility index (Phi) is 15.6. The average molecular weight is 1460 g/mol. The summed E-state index contributed by atoms with van der Waals surface area (Å²) in [6.07, 6.45) is 0. The molecule has 0 bridgehead atoms. The molecule has 5 heteroatoms. The van der Waals surface area contributed by atoms with Crippen molar-refractivity contribution in [1.29, 1.82) is 0 Å². The van der Waals surface area contributed by atoms with Gasteiger partial charge >= 0.3 is 0 Å². The lowest BCUT2D eigenvalue weighted by molar-refractivity contribution is 0.590. The second-order valence-corrected chi connectivity index (χ2v) is 34.6. The van der Waals surface area contributed by atoms with E-state index < -0.39 is 5.41 Å². The van der Waals surface area contributed by atoms with Gasteiger partial charge in [-0.05, 0) is 183 Å². The third-order valence-corrected chi connectivity index (χ3v) is 24.9. The van der Waals surface area contributed by atoms with Gasteiger partial charge in [0.2, 0.25) is 0 Å². The molecule has 4 heterocycles. The second kappa shape index (κ2) is 25.9. The second-order valence-electron chi connectivity index (χ2n) is 34.6. The van der Waals surface area contributed by atoms with Crippen molar-refractivity contribution in [1.82, 2.24) is 4.57 Å². The molecule has 3 aliphatic rings. The van der Waals surface area contributed by atoms with Crippen LogP contribution in [-0.4, -0.2) is 11.3 Å². The largest absolute Gasteiger partial charge is 0.455 e. The summed E-state index contributed by atoms with van der Waals surface area (Å²) in [6, 6.07) is 136. The maximum atomic E-state index is 7.06. The van der Waals surface area contributed by atoms with Crippen molar-refractivity contribution in [3.8, 4) is 72.4 Å². The molecule has 16 aromatic carbocycles. The van der Waals surface area contributed by atoms with Crippen molar-refractivity contribution in [3.05, 3.63) is 397 Å². The molecule has 0 radical (unpaired) electrons. The van der Waals surface area contributed by atoms with E-state index in [2.05, 4.69) is 435 Å². The van der Waals surface area contributed by atoms with Crippen LogP contribution in [0.15, 0.2) is 362 Å². The Labute approximate surface area is 668 Å². The zero-order valence-electron chi connectivity index (χ0n) is 65.9. The van der Waals surface area contributed by atoms with E-state index in [0.717, 1.165) is 128 Å². The molecule has 0 spiro atoms. The summed E-state index contributed by atoms with van der Waals surface area (Å²) in [5.74, 6) is 0. The molecule has 1 aliphatic carbocycles. The summed E-state index contributed by atoms with van der Waals surface area (Å²) >= 11 is 0. The fourth-order valence-electron chi connectivity index (χ4n) is 19.4. The molecular weight excluding hydrogens is 1380 g/mol. The molecule has 21 rings (SSSR count). The van der Waals surface area contributed by atoms with Gasteiger partial charge in [0.1, 0.15) is 11.2 Å². The Balaban J connectivity index is 0.932. The summed E-state index contributed by atoms with van der Waals surface area (Å²) in [4.78, 5) is 5.46. The van der Waals surface area contributed by atoms with E-state index in [-0.39, 0.29) is 23.0 Å². The lowest BCUT2D eigenvalue weighted by atomic mass is 9.33. The highest BCUT2D eigenvalue weighted by molar-refractivity contribution is 7.00. The van der Waals surface area contributed by atoms with Crippen molar-refractivity contribution in [2.45, 2.75) is 84.0 Å². The monoisotopic (exact) mass is 1460 g/mol. The van der Waals surface area contributed by atoms with Crippen molar-refractivity contribution in [2.75, 3.05) is 9.80 Å². The van der Waals surface area contributed by atoms with E-state index >= 15 is 0 Å². The topological polar surface area (TPSA) is 24.6 Å². The van der Waals surface area contributed by atoms with E-state index in [1.54, 1.807) is 0 Å². The summed E-state index contributed by atoms with van der Waals surface area (Å²) in [6.45, 7) is 21.0. The number of anilines is 6. The number of hydrogen-bond acceptors (Lipinski definition) is 3. The molecule has 0 saturated carbocycles. The fraction of sp³-hybridized carbons (Fsp3) is 0.119. The molecule has 18 aromatic rings. The minimum absolute atomic E-state index is 0.201. The molecule has 2 aliphatic heterocycles. The van der Waals surface area contributed by atoms with E-state index in [1.807, 2.05) is 0 Å². The highest BCUT2D eigenvalue weighted by Crippen LogP contribution is 2.61. The first-order valence-corrected chi connectivity index (χ1v) is 40.3. The Hall–Kier alpha value is -13.2. The van der Waals surface area contributed by atoms with Crippen LogP contribution in [0.1, 0.15) is 101 Å². The quantitative estimate of drug-likeness (QED) is 0.128. The SMILES string of the molecule is CC(C)(C)c1cc(-c2ccccc2)c(N2c3ccc(-c4cccc5c4oc4ccccc45)cc3B3c4ccc(-n5c6ccccc6c6c7c(ccc65)-c5ccccc5C7(c5ccccc5)c5ccccc5)cc4N(c4c(-c5ccccc5)cc(C(C)(C)C)cc4-c4ccccc4)c4cc(C(C)(C)C)cc2c43)c(-c2ccccc2)c1. The summed E-state index contributed by atoms with van der Waals surface area (Å²) in [5, 5.41) is 4.66. The van der Waals surface area contributed by atoms with Gasteiger partial charge in [-0.15, -0.1) is 0 Å². The lowest BCUT2D eigenvalue weighted by Crippen LogP contribution is -2.61. The lowest BCUT2D eigenvalue weighted by Gasteiger charge is -2.47. The number of furan rings is 1. The van der Waals surface area contributed by atoms with Crippen molar-refractivity contribution in [2.24, 2.45) is 0 Å². The minimum atomic E-state index is -0.655. The summed E-state index contributed by atoms with van der Waals surface area (Å²) < 4.78 is 9.65. The van der Waals surface area contributed by atoms with Crippen LogP contribution in [0.3, 0.4) is 0 Å². The number of para-hydroxylation sites is 3. The van der Waals surface area contributed by atoms with E-state index in [9.17, 15) is 0 Å². The Morgan fingerprint density at radius 2 is 0.754 bits per heavy atom. The molecule has 0 atom stereocenters. The van der Waals surface area contributed by atoms with Gasteiger partial charge < -0.3 is 18.8 Å². The molecule has 0 saturated heterocycles. The van der Waals surface area contributed by atoms with Gasteiger partial charge in [-0.25, -0.2) is 0 Å². The first kappa shape index (κ1) is 68.8. The third-order valence-electron chi connectivity index (χ3n) is 24.9. The van der Waals surface area contributed by atoms with Crippen LogP contribution in [0.25, 0.3) is 116 Å². The molecule has 0 fully saturated rings. The normalized spacial score (nSPS) is 13.5. The zero-order valence-corrected chi connectivity index (χ0v) is 65.9.